The molecule has 0 aliphatic carbocycles. The van der Waals surface area contributed by atoms with Crippen LogP contribution in [0.4, 0.5) is 4.79 Å². The van der Waals surface area contributed by atoms with E-state index in [1.54, 1.807) is 0 Å². The Morgan fingerprint density at radius 1 is 1.80 bits per heavy atom. The van der Waals surface area contributed by atoms with Gasteiger partial charge in [-0.25, -0.2) is 4.79 Å². The highest BCUT2D eigenvalue weighted by atomic mass is 16.4. The lowest BCUT2D eigenvalue weighted by molar-refractivity contribution is 0.150. The van der Waals surface area contributed by atoms with Crippen LogP contribution in [-0.4, -0.2) is 34.9 Å². The molecule has 1 fully saturated rings. The number of hydrogen-bond acceptors (Lipinski definition) is 2. The zero-order valence-electron chi connectivity index (χ0n) is 5.58. The third-order valence-electron chi connectivity index (χ3n) is 1.74. The SMILES string of the molecule is N=CC1CCCN1C(=O)O. The third-order valence-corrected chi connectivity index (χ3v) is 1.74. The molecule has 1 aliphatic rings. The number of carboxylic acid groups (broad SMARTS) is 1. The van der Waals surface area contributed by atoms with Gasteiger partial charge in [-0.3, -0.25) is 0 Å². The summed E-state index contributed by atoms with van der Waals surface area (Å²) in [5.74, 6) is 0. The van der Waals surface area contributed by atoms with Crippen molar-refractivity contribution >= 4 is 12.3 Å². The van der Waals surface area contributed by atoms with Gasteiger partial charge in [0.1, 0.15) is 0 Å². The topological polar surface area (TPSA) is 64.4 Å². The van der Waals surface area contributed by atoms with E-state index in [2.05, 4.69) is 0 Å². The number of amides is 1. The molecule has 1 rings (SSSR count). The molecular formula is C6H10N2O2. The Morgan fingerprint density at radius 3 is 2.90 bits per heavy atom. The summed E-state index contributed by atoms with van der Waals surface area (Å²) in [4.78, 5) is 11.7. The van der Waals surface area contributed by atoms with Gasteiger partial charge in [0.15, 0.2) is 0 Å². The first-order valence-electron chi connectivity index (χ1n) is 3.26. The van der Waals surface area contributed by atoms with Crippen LogP contribution in [0, 0.1) is 5.41 Å². The first-order chi connectivity index (χ1) is 4.75. The molecule has 2 N–H and O–H groups in total. The van der Waals surface area contributed by atoms with Crippen LogP contribution in [0.5, 0.6) is 0 Å². The molecule has 1 heterocycles. The van der Waals surface area contributed by atoms with Gasteiger partial charge >= 0.3 is 6.09 Å². The standard InChI is InChI=1S/C6H10N2O2/c7-4-5-2-1-3-8(5)6(9)10/h4-5,7H,1-3H2,(H,9,10). The van der Waals surface area contributed by atoms with Gasteiger partial charge in [-0.2, -0.15) is 0 Å². The maximum Gasteiger partial charge on any atom is 0.407 e. The number of likely N-dealkylation sites (tertiary alicyclic amines) is 1. The lowest BCUT2D eigenvalue weighted by atomic mass is 10.2. The molecule has 1 saturated heterocycles. The van der Waals surface area contributed by atoms with Gasteiger partial charge in [0.25, 0.3) is 0 Å². The van der Waals surface area contributed by atoms with Gasteiger partial charge in [-0.1, -0.05) is 0 Å². The molecule has 1 amide bonds. The summed E-state index contributed by atoms with van der Waals surface area (Å²) >= 11 is 0. The Balaban J connectivity index is 2.58. The molecule has 1 unspecified atom stereocenters. The quantitative estimate of drug-likeness (QED) is 0.531. The summed E-state index contributed by atoms with van der Waals surface area (Å²) in [6.45, 7) is 0.579. The molecule has 1 aliphatic heterocycles. The first kappa shape index (κ1) is 7.05. The predicted octanol–water partition coefficient (Wildman–Crippen LogP) is 0.778. The number of hydrogen-bond donors (Lipinski definition) is 2. The van der Waals surface area contributed by atoms with Crippen molar-refractivity contribution in [2.75, 3.05) is 6.54 Å². The van der Waals surface area contributed by atoms with E-state index >= 15 is 0 Å². The van der Waals surface area contributed by atoms with E-state index in [4.69, 9.17) is 10.5 Å². The highest BCUT2D eigenvalue weighted by molar-refractivity contribution is 5.73. The van der Waals surface area contributed by atoms with Crippen LogP contribution in [0.15, 0.2) is 0 Å². The van der Waals surface area contributed by atoms with Gasteiger partial charge in [-0.15, -0.1) is 0 Å². The maximum absolute atomic E-state index is 10.4. The number of nitrogens with zero attached hydrogens (tertiary/aromatic N) is 1. The average molecular weight is 142 g/mol. The first-order valence-corrected chi connectivity index (χ1v) is 3.26. The summed E-state index contributed by atoms with van der Waals surface area (Å²) in [5.41, 5.74) is 0. The van der Waals surface area contributed by atoms with Crippen molar-refractivity contribution in [2.24, 2.45) is 0 Å². The fourth-order valence-electron chi connectivity index (χ4n) is 1.20. The molecule has 0 radical (unpaired) electrons. The van der Waals surface area contributed by atoms with Gasteiger partial charge in [-0.05, 0) is 12.8 Å². The van der Waals surface area contributed by atoms with Gasteiger partial charge in [0, 0.05) is 12.8 Å². The summed E-state index contributed by atoms with van der Waals surface area (Å²) < 4.78 is 0. The third kappa shape index (κ3) is 1.10. The largest absolute Gasteiger partial charge is 0.465 e. The Labute approximate surface area is 59.0 Å². The van der Waals surface area contributed by atoms with E-state index < -0.39 is 6.09 Å². The number of rotatable bonds is 1. The molecule has 56 valence electrons. The molecule has 10 heavy (non-hydrogen) atoms. The Bertz CT molecular complexity index is 158. The molecule has 0 saturated carbocycles. The van der Waals surface area contributed by atoms with Crippen molar-refractivity contribution in [3.63, 3.8) is 0 Å². The minimum Gasteiger partial charge on any atom is -0.465 e. The molecule has 4 heteroatoms. The van der Waals surface area contributed by atoms with Crippen molar-refractivity contribution in [3.05, 3.63) is 0 Å². The van der Waals surface area contributed by atoms with E-state index in [9.17, 15) is 4.79 Å². The van der Waals surface area contributed by atoms with Crippen molar-refractivity contribution in [3.8, 4) is 0 Å². The Morgan fingerprint density at radius 2 is 2.50 bits per heavy atom. The van der Waals surface area contributed by atoms with Gasteiger partial charge in [0.2, 0.25) is 0 Å². The van der Waals surface area contributed by atoms with Crippen molar-refractivity contribution in [1.29, 1.82) is 5.41 Å². The minimum absolute atomic E-state index is 0.169. The second kappa shape index (κ2) is 2.68. The average Bonchev–Trinajstić information content (AvgIpc) is 2.33. The predicted molar refractivity (Wildman–Crippen MR) is 36.5 cm³/mol. The zero-order valence-corrected chi connectivity index (χ0v) is 5.58. The second-order valence-electron chi connectivity index (χ2n) is 2.35. The van der Waals surface area contributed by atoms with E-state index in [0.29, 0.717) is 6.54 Å². The van der Waals surface area contributed by atoms with Crippen molar-refractivity contribution in [1.82, 2.24) is 4.90 Å². The highest BCUT2D eigenvalue weighted by Gasteiger charge is 2.26. The van der Waals surface area contributed by atoms with Gasteiger partial charge in [0.05, 0.1) is 6.04 Å². The molecule has 0 aromatic carbocycles. The number of nitrogens with one attached hydrogen (secondary N) is 1. The fourth-order valence-corrected chi connectivity index (χ4v) is 1.20. The molecule has 0 aromatic heterocycles. The minimum atomic E-state index is -0.911. The fraction of sp³-hybridized carbons (Fsp3) is 0.667. The number of carbonyl (C=O) groups is 1. The highest BCUT2D eigenvalue weighted by Crippen LogP contribution is 2.14. The van der Waals surface area contributed by atoms with Crippen LogP contribution in [0.3, 0.4) is 0 Å². The van der Waals surface area contributed by atoms with Crippen LogP contribution in [-0.2, 0) is 0 Å². The zero-order chi connectivity index (χ0) is 7.56. The normalized spacial score (nSPS) is 24.8. The summed E-state index contributed by atoms with van der Waals surface area (Å²) in [6, 6.07) is -0.169. The summed E-state index contributed by atoms with van der Waals surface area (Å²) in [5, 5.41) is 15.4. The van der Waals surface area contributed by atoms with E-state index in [0.717, 1.165) is 12.8 Å². The molecular weight excluding hydrogens is 132 g/mol. The molecule has 0 bridgehead atoms. The maximum atomic E-state index is 10.4. The van der Waals surface area contributed by atoms with Crippen LogP contribution in [0.25, 0.3) is 0 Å². The molecule has 0 aromatic rings. The monoisotopic (exact) mass is 142 g/mol. The Hall–Kier alpha value is -1.06. The lowest BCUT2D eigenvalue weighted by Crippen LogP contribution is -2.34. The summed E-state index contributed by atoms with van der Waals surface area (Å²) in [7, 11) is 0. The lowest BCUT2D eigenvalue weighted by Gasteiger charge is -2.16. The van der Waals surface area contributed by atoms with E-state index in [1.807, 2.05) is 0 Å². The molecule has 4 nitrogen and oxygen atoms in total. The van der Waals surface area contributed by atoms with Crippen LogP contribution >= 0.6 is 0 Å². The van der Waals surface area contributed by atoms with Crippen LogP contribution < -0.4 is 0 Å². The van der Waals surface area contributed by atoms with E-state index in [1.165, 1.54) is 11.1 Å². The smallest absolute Gasteiger partial charge is 0.407 e. The van der Waals surface area contributed by atoms with Crippen LogP contribution in [0.2, 0.25) is 0 Å². The van der Waals surface area contributed by atoms with Crippen molar-refractivity contribution < 1.29 is 9.90 Å². The van der Waals surface area contributed by atoms with Gasteiger partial charge < -0.3 is 15.4 Å². The van der Waals surface area contributed by atoms with Crippen LogP contribution in [0.1, 0.15) is 12.8 Å². The van der Waals surface area contributed by atoms with E-state index in [-0.39, 0.29) is 6.04 Å². The summed E-state index contributed by atoms with van der Waals surface area (Å²) in [6.07, 6.45) is 1.97. The molecule has 0 spiro atoms. The molecule has 1 atom stereocenters. The second-order valence-corrected chi connectivity index (χ2v) is 2.35. The van der Waals surface area contributed by atoms with Crippen molar-refractivity contribution in [2.45, 2.75) is 18.9 Å². The Kier molecular flexibility index (Phi) is 1.89.